The van der Waals surface area contributed by atoms with Crippen LogP contribution in [-0.4, -0.2) is 35.4 Å². The fourth-order valence-electron chi connectivity index (χ4n) is 2.04. The zero-order valence-corrected chi connectivity index (χ0v) is 15.7. The number of amides is 1. The summed E-state index contributed by atoms with van der Waals surface area (Å²) >= 11 is 3.32. The summed E-state index contributed by atoms with van der Waals surface area (Å²) in [5.74, 6) is -0.0797. The molecule has 0 aliphatic rings. The molecule has 0 spiro atoms. The van der Waals surface area contributed by atoms with Crippen molar-refractivity contribution in [3.05, 3.63) is 64.4 Å². The summed E-state index contributed by atoms with van der Waals surface area (Å²) in [6, 6.07) is 13.6. The molecule has 0 unspecified atom stereocenters. The second-order valence-corrected chi connectivity index (χ2v) is 5.59. The van der Waals surface area contributed by atoms with Crippen LogP contribution in [0, 0.1) is 0 Å². The van der Waals surface area contributed by atoms with E-state index in [2.05, 4.69) is 33.0 Å². The maximum Gasteiger partial charge on any atom is 0.272 e. The highest BCUT2D eigenvalue weighted by molar-refractivity contribution is 9.10. The predicted octanol–water partition coefficient (Wildman–Crippen LogP) is 3.33. The molecule has 126 valence electrons. The third-order valence-corrected chi connectivity index (χ3v) is 3.62. The number of nitrogens with zero attached hydrogens (tertiary/aromatic N) is 2. The van der Waals surface area contributed by atoms with Crippen molar-refractivity contribution in [3.8, 4) is 0 Å². The summed E-state index contributed by atoms with van der Waals surface area (Å²) in [4.78, 5) is 18.4. The van der Waals surface area contributed by atoms with Gasteiger partial charge < -0.3 is 10.6 Å². The van der Waals surface area contributed by atoms with Crippen LogP contribution >= 0.6 is 40.7 Å². The molecule has 2 aromatic rings. The lowest BCUT2D eigenvalue weighted by molar-refractivity contribution is 0.0756. The first-order chi connectivity index (χ1) is 10.2. The van der Waals surface area contributed by atoms with Crippen LogP contribution in [0.5, 0.6) is 0 Å². The maximum absolute atomic E-state index is 12.5. The number of halogens is 3. The molecule has 0 atom stereocenters. The summed E-state index contributed by atoms with van der Waals surface area (Å²) < 4.78 is 0.855. The lowest BCUT2D eigenvalue weighted by atomic mass is 10.1. The number of hydrogen-bond acceptors (Lipinski definition) is 3. The van der Waals surface area contributed by atoms with Crippen LogP contribution in [0.25, 0.3) is 0 Å². The van der Waals surface area contributed by atoms with E-state index >= 15 is 0 Å². The van der Waals surface area contributed by atoms with Gasteiger partial charge in [0.15, 0.2) is 0 Å². The van der Waals surface area contributed by atoms with Crippen molar-refractivity contribution in [2.45, 2.75) is 6.42 Å². The summed E-state index contributed by atoms with van der Waals surface area (Å²) in [6.07, 6.45) is 2.44. The van der Waals surface area contributed by atoms with Crippen molar-refractivity contribution in [2.75, 3.05) is 19.6 Å². The van der Waals surface area contributed by atoms with E-state index in [-0.39, 0.29) is 30.7 Å². The fraction of sp³-hybridized carbons (Fsp3) is 0.250. The van der Waals surface area contributed by atoms with Crippen LogP contribution in [0.15, 0.2) is 53.1 Å². The van der Waals surface area contributed by atoms with Gasteiger partial charge in [0.2, 0.25) is 0 Å². The minimum atomic E-state index is -0.0797. The summed E-state index contributed by atoms with van der Waals surface area (Å²) in [5.41, 5.74) is 7.27. The first-order valence-electron chi connectivity index (χ1n) is 6.85. The Bertz CT molecular complexity index is 582. The van der Waals surface area contributed by atoms with E-state index in [1.54, 1.807) is 17.2 Å². The lowest BCUT2D eigenvalue weighted by Gasteiger charge is -2.21. The average molecular weight is 421 g/mol. The van der Waals surface area contributed by atoms with Gasteiger partial charge in [-0.1, -0.05) is 30.3 Å². The molecule has 0 aliphatic carbocycles. The van der Waals surface area contributed by atoms with Crippen molar-refractivity contribution in [3.63, 3.8) is 0 Å². The normalized spacial score (nSPS) is 9.48. The van der Waals surface area contributed by atoms with Gasteiger partial charge in [-0.05, 0) is 40.0 Å². The van der Waals surface area contributed by atoms with Gasteiger partial charge in [0.05, 0.1) is 0 Å². The third kappa shape index (κ3) is 6.87. The van der Waals surface area contributed by atoms with E-state index < -0.39 is 0 Å². The molecule has 1 heterocycles. The molecule has 0 saturated carbocycles. The first-order valence-corrected chi connectivity index (χ1v) is 7.65. The lowest BCUT2D eigenvalue weighted by Crippen LogP contribution is -2.37. The molecular formula is C16H20BrCl2N3O. The van der Waals surface area contributed by atoms with E-state index in [0.717, 1.165) is 10.9 Å². The number of benzene rings is 1. The summed E-state index contributed by atoms with van der Waals surface area (Å²) in [7, 11) is 0. The van der Waals surface area contributed by atoms with E-state index in [9.17, 15) is 4.79 Å². The van der Waals surface area contributed by atoms with Gasteiger partial charge in [-0.15, -0.1) is 24.8 Å². The zero-order chi connectivity index (χ0) is 15.1. The predicted molar refractivity (Wildman–Crippen MR) is 102 cm³/mol. The Hall–Kier alpha value is -1.14. The molecular weight excluding hydrogens is 401 g/mol. The van der Waals surface area contributed by atoms with Crippen LogP contribution in [0.1, 0.15) is 16.1 Å². The van der Waals surface area contributed by atoms with Crippen LogP contribution in [-0.2, 0) is 6.42 Å². The van der Waals surface area contributed by atoms with Gasteiger partial charge in [-0.25, -0.2) is 4.98 Å². The topological polar surface area (TPSA) is 59.2 Å². The number of carbonyl (C=O) groups is 1. The molecule has 23 heavy (non-hydrogen) atoms. The zero-order valence-electron chi connectivity index (χ0n) is 12.5. The molecule has 7 heteroatoms. The standard InChI is InChI=1S/C16H18BrN3O.2ClH/c17-14-6-7-15(19-12-14)16(21)20(11-9-18)10-8-13-4-2-1-3-5-13;;/h1-7,12H,8-11,18H2;2*1H. The largest absolute Gasteiger partial charge is 0.336 e. The van der Waals surface area contributed by atoms with E-state index in [0.29, 0.717) is 25.3 Å². The molecule has 1 aromatic heterocycles. The monoisotopic (exact) mass is 419 g/mol. The fourth-order valence-corrected chi connectivity index (χ4v) is 2.28. The van der Waals surface area contributed by atoms with Crippen molar-refractivity contribution >= 4 is 46.7 Å². The molecule has 4 nitrogen and oxygen atoms in total. The van der Waals surface area contributed by atoms with Crippen LogP contribution in [0.2, 0.25) is 0 Å². The Morgan fingerprint density at radius 3 is 2.35 bits per heavy atom. The molecule has 0 bridgehead atoms. The minimum absolute atomic E-state index is 0. The molecule has 2 rings (SSSR count). The molecule has 0 fully saturated rings. The van der Waals surface area contributed by atoms with Gasteiger partial charge in [0, 0.05) is 30.3 Å². The number of carbonyl (C=O) groups excluding carboxylic acids is 1. The van der Waals surface area contributed by atoms with Crippen LogP contribution < -0.4 is 5.73 Å². The molecule has 0 radical (unpaired) electrons. The molecule has 0 aliphatic heterocycles. The van der Waals surface area contributed by atoms with Gasteiger partial charge in [0.1, 0.15) is 5.69 Å². The highest BCUT2D eigenvalue weighted by atomic mass is 79.9. The molecule has 1 amide bonds. The molecule has 2 N–H and O–H groups in total. The van der Waals surface area contributed by atoms with Gasteiger partial charge in [0.25, 0.3) is 5.91 Å². The van der Waals surface area contributed by atoms with Crippen molar-refractivity contribution in [1.82, 2.24) is 9.88 Å². The Morgan fingerprint density at radius 1 is 1.09 bits per heavy atom. The molecule has 1 aromatic carbocycles. The number of pyridine rings is 1. The Labute approximate surface area is 157 Å². The third-order valence-electron chi connectivity index (χ3n) is 3.15. The Morgan fingerprint density at radius 2 is 1.78 bits per heavy atom. The summed E-state index contributed by atoms with van der Waals surface area (Å²) in [5, 5.41) is 0. The second-order valence-electron chi connectivity index (χ2n) is 4.68. The van der Waals surface area contributed by atoms with Crippen molar-refractivity contribution in [1.29, 1.82) is 0 Å². The molecule has 0 saturated heterocycles. The van der Waals surface area contributed by atoms with Gasteiger partial charge in [-0.2, -0.15) is 0 Å². The average Bonchev–Trinajstić information content (AvgIpc) is 2.52. The maximum atomic E-state index is 12.5. The van der Waals surface area contributed by atoms with Crippen LogP contribution in [0.3, 0.4) is 0 Å². The van der Waals surface area contributed by atoms with Gasteiger partial charge in [-0.3, -0.25) is 4.79 Å². The van der Waals surface area contributed by atoms with Crippen molar-refractivity contribution in [2.24, 2.45) is 5.73 Å². The SMILES string of the molecule is Cl.Cl.NCCN(CCc1ccccc1)C(=O)c1ccc(Br)cn1. The summed E-state index contributed by atoms with van der Waals surface area (Å²) in [6.45, 7) is 1.61. The van der Waals surface area contributed by atoms with E-state index in [4.69, 9.17) is 5.73 Å². The number of aromatic nitrogens is 1. The number of nitrogens with two attached hydrogens (primary N) is 1. The smallest absolute Gasteiger partial charge is 0.272 e. The Kier molecular flexibility index (Phi) is 10.8. The minimum Gasteiger partial charge on any atom is -0.336 e. The highest BCUT2D eigenvalue weighted by Gasteiger charge is 2.16. The quantitative estimate of drug-likeness (QED) is 0.779. The van der Waals surface area contributed by atoms with E-state index in [1.807, 2.05) is 24.3 Å². The first kappa shape index (κ1) is 21.9. The van der Waals surface area contributed by atoms with Crippen LogP contribution in [0.4, 0.5) is 0 Å². The number of hydrogen-bond donors (Lipinski definition) is 1. The highest BCUT2D eigenvalue weighted by Crippen LogP contribution is 2.10. The Balaban J connectivity index is 0.00000242. The van der Waals surface area contributed by atoms with E-state index in [1.165, 1.54) is 5.56 Å². The van der Waals surface area contributed by atoms with Crippen molar-refractivity contribution < 1.29 is 4.79 Å². The van der Waals surface area contributed by atoms with Gasteiger partial charge >= 0.3 is 0 Å². The second kappa shape index (κ2) is 11.4. The number of rotatable bonds is 6.